The van der Waals surface area contributed by atoms with E-state index in [9.17, 15) is 24.3 Å². The Labute approximate surface area is 222 Å². The number of benzene rings is 1. The summed E-state index contributed by atoms with van der Waals surface area (Å²) >= 11 is 0. The molecule has 0 aromatic heterocycles. The normalized spacial score (nSPS) is 13.8. The van der Waals surface area contributed by atoms with Gasteiger partial charge in [0.25, 0.3) is 0 Å². The fraction of sp³-hybridized carbons (Fsp3) is 0.615. The van der Waals surface area contributed by atoms with Crippen LogP contribution in [-0.2, 0) is 23.7 Å². The van der Waals surface area contributed by atoms with Gasteiger partial charge in [-0.2, -0.15) is 0 Å². The Kier molecular flexibility index (Phi) is 12.3. The van der Waals surface area contributed by atoms with Gasteiger partial charge in [-0.15, -0.1) is 0 Å². The molecule has 0 fully saturated rings. The first-order valence-corrected chi connectivity index (χ1v) is 12.2. The van der Waals surface area contributed by atoms with E-state index < -0.39 is 54.5 Å². The highest BCUT2D eigenvalue weighted by molar-refractivity contribution is 5.75. The number of aliphatic carboxylic acids is 1. The van der Waals surface area contributed by atoms with Gasteiger partial charge in [-0.25, -0.2) is 14.4 Å². The Bertz CT molecular complexity index is 968. The van der Waals surface area contributed by atoms with Gasteiger partial charge < -0.3 is 39.3 Å². The van der Waals surface area contributed by atoms with Crippen LogP contribution in [0.25, 0.3) is 0 Å². The Balaban J connectivity index is 3.29. The molecule has 0 saturated heterocycles. The third kappa shape index (κ3) is 11.7. The maximum atomic E-state index is 12.2. The molecule has 0 aliphatic heterocycles. The zero-order valence-corrected chi connectivity index (χ0v) is 23.1. The molecular formula is C26H39NO11. The quantitative estimate of drug-likeness (QED) is 0.222. The highest BCUT2D eigenvalue weighted by atomic mass is 16.8. The van der Waals surface area contributed by atoms with E-state index in [0.29, 0.717) is 5.56 Å². The molecule has 1 aromatic carbocycles. The number of carboxylic acid groups (broad SMARTS) is 1. The Morgan fingerprint density at radius 2 is 1.37 bits per heavy atom. The number of ether oxygens (including phenoxy) is 6. The monoisotopic (exact) mass is 541 g/mol. The molecular weight excluding hydrogens is 502 g/mol. The summed E-state index contributed by atoms with van der Waals surface area (Å²) in [5.41, 5.74) is 6.05. The van der Waals surface area contributed by atoms with Crippen LogP contribution in [0, 0.1) is 11.3 Å². The third-order valence-corrected chi connectivity index (χ3v) is 4.78. The van der Waals surface area contributed by atoms with E-state index >= 15 is 0 Å². The van der Waals surface area contributed by atoms with Crippen molar-refractivity contribution in [1.29, 1.82) is 0 Å². The van der Waals surface area contributed by atoms with Crippen LogP contribution in [0.15, 0.2) is 18.2 Å². The first-order chi connectivity index (χ1) is 17.5. The molecule has 1 aromatic rings. The second kappa shape index (κ2) is 14.4. The summed E-state index contributed by atoms with van der Waals surface area (Å²) in [6.45, 7) is 13.7. The van der Waals surface area contributed by atoms with Crippen LogP contribution in [0.5, 0.6) is 11.5 Å². The van der Waals surface area contributed by atoms with Gasteiger partial charge in [-0.05, 0) is 56.7 Å². The topological polar surface area (TPSA) is 170 Å². The fourth-order valence-electron chi connectivity index (χ4n) is 3.17. The number of hydrogen-bond acceptors (Lipinski definition) is 11. The minimum Gasteiger partial charge on any atom is -0.480 e. The summed E-state index contributed by atoms with van der Waals surface area (Å²) in [4.78, 5) is 48.1. The highest BCUT2D eigenvalue weighted by Crippen LogP contribution is 2.36. The molecule has 12 nitrogen and oxygen atoms in total. The molecule has 0 saturated carbocycles. The van der Waals surface area contributed by atoms with Crippen LogP contribution >= 0.6 is 0 Å². The second-order valence-electron chi connectivity index (χ2n) is 10.5. The van der Waals surface area contributed by atoms with Gasteiger partial charge in [-0.3, -0.25) is 4.79 Å². The number of carbonyl (C=O) groups excluding carboxylic acids is 3. The lowest BCUT2D eigenvalue weighted by atomic mass is 9.82. The molecule has 0 bridgehead atoms. The van der Waals surface area contributed by atoms with Crippen molar-refractivity contribution in [1.82, 2.24) is 0 Å². The molecule has 3 atom stereocenters. The molecule has 214 valence electrons. The van der Waals surface area contributed by atoms with Crippen LogP contribution < -0.4 is 15.2 Å². The Hall–Kier alpha value is -3.54. The SMILES string of the molecule is CC(C)OC(=O)Oc1ccc(C(C(C)COC(=O)OCC(C)(C)C)[C@H](N)C(=O)O)cc1OC(=O)OC(C)C. The van der Waals surface area contributed by atoms with Crippen molar-refractivity contribution in [3.63, 3.8) is 0 Å². The predicted octanol–water partition coefficient (Wildman–Crippen LogP) is 4.87. The number of rotatable bonds is 11. The lowest BCUT2D eigenvalue weighted by Gasteiger charge is -2.28. The number of carbonyl (C=O) groups is 4. The summed E-state index contributed by atoms with van der Waals surface area (Å²) < 4.78 is 30.7. The van der Waals surface area contributed by atoms with Crippen LogP contribution in [0.4, 0.5) is 14.4 Å². The van der Waals surface area contributed by atoms with Crippen molar-refractivity contribution >= 4 is 24.4 Å². The predicted molar refractivity (Wildman–Crippen MR) is 135 cm³/mol. The van der Waals surface area contributed by atoms with Crippen molar-refractivity contribution in [2.75, 3.05) is 13.2 Å². The van der Waals surface area contributed by atoms with E-state index in [1.807, 2.05) is 20.8 Å². The van der Waals surface area contributed by atoms with E-state index in [1.54, 1.807) is 34.6 Å². The largest absolute Gasteiger partial charge is 0.514 e. The average molecular weight is 542 g/mol. The molecule has 3 N–H and O–H groups in total. The molecule has 0 heterocycles. The molecule has 1 rings (SSSR count). The molecule has 0 aliphatic carbocycles. The second-order valence-corrected chi connectivity index (χ2v) is 10.5. The summed E-state index contributed by atoms with van der Waals surface area (Å²) in [5, 5.41) is 9.64. The Morgan fingerprint density at radius 3 is 1.84 bits per heavy atom. The standard InChI is InChI=1S/C26H39NO11/c1-14(2)35-24(31)37-18-10-9-17(11-19(18)38-25(32)36-15(3)4)20(21(27)22(28)29)16(5)12-33-23(30)34-13-26(6,7)8/h9-11,14-16,20-21H,12-13,27H2,1-8H3,(H,28,29)/t16?,20?,21-/m0/s1. The maximum Gasteiger partial charge on any atom is 0.514 e. The van der Waals surface area contributed by atoms with Crippen molar-refractivity contribution in [2.45, 2.75) is 79.6 Å². The zero-order chi connectivity index (χ0) is 29.2. The van der Waals surface area contributed by atoms with Gasteiger partial charge in [0.1, 0.15) is 6.04 Å². The lowest BCUT2D eigenvalue weighted by Crippen LogP contribution is -2.40. The van der Waals surface area contributed by atoms with Crippen LogP contribution in [0.3, 0.4) is 0 Å². The van der Waals surface area contributed by atoms with Gasteiger partial charge in [0.05, 0.1) is 25.4 Å². The molecule has 0 radical (unpaired) electrons. The van der Waals surface area contributed by atoms with Gasteiger partial charge in [0, 0.05) is 5.92 Å². The van der Waals surface area contributed by atoms with E-state index in [2.05, 4.69) is 0 Å². The number of carboxylic acids is 1. The summed E-state index contributed by atoms with van der Waals surface area (Å²) in [7, 11) is 0. The van der Waals surface area contributed by atoms with Crippen molar-refractivity contribution in [3.8, 4) is 11.5 Å². The van der Waals surface area contributed by atoms with Crippen LogP contribution in [-0.4, -0.2) is 61.0 Å². The van der Waals surface area contributed by atoms with Crippen molar-refractivity contribution in [3.05, 3.63) is 23.8 Å². The third-order valence-electron chi connectivity index (χ3n) is 4.78. The van der Waals surface area contributed by atoms with E-state index in [1.165, 1.54) is 18.2 Å². The van der Waals surface area contributed by atoms with Crippen LogP contribution in [0.2, 0.25) is 0 Å². The first kappa shape index (κ1) is 32.5. The summed E-state index contributed by atoms with van der Waals surface area (Å²) in [6.07, 6.45) is -3.97. The van der Waals surface area contributed by atoms with Crippen molar-refractivity contribution in [2.24, 2.45) is 17.1 Å². The number of nitrogens with two attached hydrogens (primary N) is 1. The van der Waals surface area contributed by atoms with Crippen molar-refractivity contribution < 1.29 is 52.7 Å². The Morgan fingerprint density at radius 1 is 0.842 bits per heavy atom. The minimum atomic E-state index is -1.42. The summed E-state index contributed by atoms with van der Waals surface area (Å²) in [6, 6.07) is 2.65. The molecule has 12 heteroatoms. The van der Waals surface area contributed by atoms with Gasteiger partial charge in [-0.1, -0.05) is 33.8 Å². The first-order valence-electron chi connectivity index (χ1n) is 12.2. The lowest BCUT2D eigenvalue weighted by molar-refractivity contribution is -0.139. The van der Waals surface area contributed by atoms with E-state index in [-0.39, 0.29) is 30.1 Å². The van der Waals surface area contributed by atoms with Gasteiger partial charge >= 0.3 is 24.4 Å². The summed E-state index contributed by atoms with van der Waals surface area (Å²) in [5.74, 6) is -3.23. The molecule has 0 spiro atoms. The van der Waals surface area contributed by atoms with E-state index in [4.69, 9.17) is 34.2 Å². The average Bonchev–Trinajstić information content (AvgIpc) is 2.76. The molecule has 0 amide bonds. The maximum absolute atomic E-state index is 12.2. The van der Waals surface area contributed by atoms with Gasteiger partial charge in [0.2, 0.25) is 0 Å². The minimum absolute atomic E-state index is 0.131. The zero-order valence-electron chi connectivity index (χ0n) is 23.1. The number of hydrogen-bond donors (Lipinski definition) is 2. The fourth-order valence-corrected chi connectivity index (χ4v) is 3.17. The highest BCUT2D eigenvalue weighted by Gasteiger charge is 2.33. The van der Waals surface area contributed by atoms with Crippen LogP contribution in [0.1, 0.15) is 66.9 Å². The molecule has 0 aliphatic rings. The van der Waals surface area contributed by atoms with Gasteiger partial charge in [0.15, 0.2) is 11.5 Å². The smallest absolute Gasteiger partial charge is 0.480 e. The molecule has 2 unspecified atom stereocenters. The molecule has 38 heavy (non-hydrogen) atoms. The van der Waals surface area contributed by atoms with E-state index in [0.717, 1.165) is 0 Å².